The fraction of sp³-hybridized carbons (Fsp3) is 0.286. The third kappa shape index (κ3) is 2.98. The molecule has 0 radical (unpaired) electrons. The number of rotatable bonds is 5. The van der Waals surface area contributed by atoms with Gasteiger partial charge >= 0.3 is 5.97 Å². The molecular weight excluding hydrogens is 320 g/mol. The lowest BCUT2D eigenvalue weighted by Crippen LogP contribution is -2.12. The molecule has 0 aromatic carbocycles. The Hall–Kier alpha value is -2.61. The summed E-state index contributed by atoms with van der Waals surface area (Å²) in [5.41, 5.74) is 1.46. The number of aromatic nitrogens is 5. The van der Waals surface area contributed by atoms with Gasteiger partial charge in [0.25, 0.3) is 0 Å². The topological polar surface area (TPSA) is 97.9 Å². The average Bonchev–Trinajstić information content (AvgIpc) is 3.05. The van der Waals surface area contributed by atoms with E-state index < -0.39 is 5.97 Å². The van der Waals surface area contributed by atoms with Gasteiger partial charge in [0, 0.05) is 13.2 Å². The molecule has 0 bridgehead atoms. The molecule has 0 aliphatic heterocycles. The summed E-state index contributed by atoms with van der Waals surface area (Å²) in [6.45, 7) is 1.79. The molecule has 120 valence electrons. The van der Waals surface area contributed by atoms with E-state index in [9.17, 15) is 4.79 Å². The number of nitrogens with zero attached hydrogens (tertiary/aromatic N) is 5. The van der Waals surface area contributed by atoms with Crippen molar-refractivity contribution >= 4 is 34.4 Å². The summed E-state index contributed by atoms with van der Waals surface area (Å²) in [5, 5.41) is 13.0. The Balaban J connectivity index is 1.99. The van der Waals surface area contributed by atoms with Crippen LogP contribution in [0.1, 0.15) is 18.7 Å². The molecule has 1 unspecified atom stereocenters. The highest BCUT2D eigenvalue weighted by Crippen LogP contribution is 2.26. The summed E-state index contributed by atoms with van der Waals surface area (Å²) in [6, 6.07) is 1.71. The Morgan fingerprint density at radius 3 is 2.91 bits per heavy atom. The van der Waals surface area contributed by atoms with Crippen LogP contribution >= 0.6 is 11.6 Å². The van der Waals surface area contributed by atoms with Crippen LogP contribution in [0.25, 0.3) is 11.0 Å². The first-order chi connectivity index (χ1) is 11.0. The number of nitrogens with one attached hydrogen (secondary N) is 1. The zero-order valence-corrected chi connectivity index (χ0v) is 13.3. The maximum absolute atomic E-state index is 10.9. The standard InChI is InChI=1S/C14H15ClN6O2/c1-8(10-5-16-7-20(10)2)17-12-9-3-4-21(6-11(22)23)13(9)19-14(15)18-12/h3-5,7-8H,6H2,1-2H3,(H,22,23)(H,17,18,19). The number of carboxylic acid groups (broad SMARTS) is 1. The van der Waals surface area contributed by atoms with Crippen molar-refractivity contribution in [3.05, 3.63) is 35.8 Å². The highest BCUT2D eigenvalue weighted by molar-refractivity contribution is 6.28. The third-order valence-corrected chi connectivity index (χ3v) is 3.72. The van der Waals surface area contributed by atoms with Crippen LogP contribution in [0.5, 0.6) is 0 Å². The lowest BCUT2D eigenvalue weighted by molar-refractivity contribution is -0.137. The van der Waals surface area contributed by atoms with Gasteiger partial charge in [-0.05, 0) is 24.6 Å². The molecule has 2 N–H and O–H groups in total. The molecule has 0 aliphatic rings. The second kappa shape index (κ2) is 5.88. The normalized spacial score (nSPS) is 12.5. The molecule has 0 amide bonds. The van der Waals surface area contributed by atoms with Crippen molar-refractivity contribution in [2.75, 3.05) is 5.32 Å². The number of halogens is 1. The van der Waals surface area contributed by atoms with Crippen LogP contribution < -0.4 is 5.32 Å². The molecule has 3 aromatic heterocycles. The zero-order chi connectivity index (χ0) is 16.6. The van der Waals surface area contributed by atoms with Crippen molar-refractivity contribution in [1.82, 2.24) is 24.1 Å². The first kappa shape index (κ1) is 15.3. The van der Waals surface area contributed by atoms with Gasteiger partial charge in [0.15, 0.2) is 0 Å². The van der Waals surface area contributed by atoms with E-state index >= 15 is 0 Å². The van der Waals surface area contributed by atoms with Crippen LogP contribution in [0.2, 0.25) is 5.28 Å². The fourth-order valence-electron chi connectivity index (χ4n) is 2.49. The van der Waals surface area contributed by atoms with Crippen molar-refractivity contribution in [2.24, 2.45) is 7.05 Å². The maximum Gasteiger partial charge on any atom is 0.323 e. The summed E-state index contributed by atoms with van der Waals surface area (Å²) in [5.74, 6) is -0.396. The molecule has 9 heteroatoms. The van der Waals surface area contributed by atoms with E-state index in [0.717, 1.165) is 5.69 Å². The molecule has 0 saturated carbocycles. The predicted octanol–water partition coefficient (Wildman–Crippen LogP) is 2.08. The van der Waals surface area contributed by atoms with Crippen LogP contribution in [-0.4, -0.2) is 35.2 Å². The summed E-state index contributed by atoms with van der Waals surface area (Å²) < 4.78 is 3.43. The average molecular weight is 335 g/mol. The molecule has 3 rings (SSSR count). The van der Waals surface area contributed by atoms with Gasteiger partial charge in [0.05, 0.1) is 29.6 Å². The molecule has 3 aromatic rings. The second-order valence-electron chi connectivity index (χ2n) is 5.21. The Morgan fingerprint density at radius 1 is 1.48 bits per heavy atom. The highest BCUT2D eigenvalue weighted by atomic mass is 35.5. The van der Waals surface area contributed by atoms with Crippen molar-refractivity contribution < 1.29 is 9.90 Å². The summed E-state index contributed by atoms with van der Waals surface area (Å²) in [4.78, 5) is 23.4. The number of hydrogen-bond acceptors (Lipinski definition) is 5. The molecule has 0 spiro atoms. The van der Waals surface area contributed by atoms with Crippen LogP contribution in [0.15, 0.2) is 24.8 Å². The van der Waals surface area contributed by atoms with E-state index in [1.807, 2.05) is 18.5 Å². The van der Waals surface area contributed by atoms with Gasteiger partial charge in [0.1, 0.15) is 18.0 Å². The Kier molecular flexibility index (Phi) is 3.91. The number of anilines is 1. The molecule has 8 nitrogen and oxygen atoms in total. The van der Waals surface area contributed by atoms with E-state index in [2.05, 4.69) is 20.3 Å². The molecule has 3 heterocycles. The number of hydrogen-bond donors (Lipinski definition) is 2. The molecule has 0 saturated heterocycles. The van der Waals surface area contributed by atoms with Gasteiger partial charge in [-0.1, -0.05) is 0 Å². The van der Waals surface area contributed by atoms with Gasteiger partial charge < -0.3 is 19.6 Å². The number of aryl methyl sites for hydroxylation is 1. The summed E-state index contributed by atoms with van der Waals surface area (Å²) >= 11 is 5.99. The van der Waals surface area contributed by atoms with Crippen LogP contribution in [0, 0.1) is 0 Å². The first-order valence-electron chi connectivity index (χ1n) is 6.92. The monoisotopic (exact) mass is 334 g/mol. The zero-order valence-electron chi connectivity index (χ0n) is 12.6. The van der Waals surface area contributed by atoms with E-state index in [4.69, 9.17) is 16.7 Å². The van der Waals surface area contributed by atoms with Gasteiger partial charge in [0.2, 0.25) is 5.28 Å². The Bertz CT molecular complexity index is 871. The largest absolute Gasteiger partial charge is 0.480 e. The van der Waals surface area contributed by atoms with Gasteiger partial charge in [-0.15, -0.1) is 0 Å². The maximum atomic E-state index is 10.9. The second-order valence-corrected chi connectivity index (χ2v) is 5.55. The Labute approximate surface area is 136 Å². The first-order valence-corrected chi connectivity index (χ1v) is 7.30. The minimum Gasteiger partial charge on any atom is -0.480 e. The van der Waals surface area contributed by atoms with Gasteiger partial charge in [-0.3, -0.25) is 4.79 Å². The molecule has 1 atom stereocenters. The smallest absolute Gasteiger partial charge is 0.323 e. The number of fused-ring (bicyclic) bond motifs is 1. The third-order valence-electron chi connectivity index (χ3n) is 3.55. The van der Waals surface area contributed by atoms with E-state index in [1.54, 1.807) is 24.8 Å². The SMILES string of the molecule is CC(Nc1nc(Cl)nc2c1ccn2CC(=O)O)c1cncn1C. The van der Waals surface area contributed by atoms with Crippen LogP contribution in [-0.2, 0) is 18.4 Å². The van der Waals surface area contributed by atoms with E-state index in [-0.39, 0.29) is 17.9 Å². The fourth-order valence-corrected chi connectivity index (χ4v) is 2.65. The van der Waals surface area contributed by atoms with E-state index in [0.29, 0.717) is 16.9 Å². The van der Waals surface area contributed by atoms with Crippen molar-refractivity contribution in [2.45, 2.75) is 19.5 Å². The molecule has 23 heavy (non-hydrogen) atoms. The number of aliphatic carboxylic acids is 1. The minimum absolute atomic E-state index is 0.0560. The number of carbonyl (C=O) groups is 1. The molecular formula is C14H15ClN6O2. The molecule has 0 fully saturated rings. The lowest BCUT2D eigenvalue weighted by Gasteiger charge is -2.16. The minimum atomic E-state index is -0.949. The molecule has 0 aliphatic carbocycles. The highest BCUT2D eigenvalue weighted by Gasteiger charge is 2.16. The van der Waals surface area contributed by atoms with Crippen LogP contribution in [0.3, 0.4) is 0 Å². The predicted molar refractivity (Wildman–Crippen MR) is 85.4 cm³/mol. The lowest BCUT2D eigenvalue weighted by atomic mass is 10.2. The quantitative estimate of drug-likeness (QED) is 0.693. The van der Waals surface area contributed by atoms with Crippen molar-refractivity contribution in [1.29, 1.82) is 0 Å². The summed E-state index contributed by atoms with van der Waals surface area (Å²) in [7, 11) is 1.91. The van der Waals surface area contributed by atoms with Crippen LogP contribution in [0.4, 0.5) is 5.82 Å². The van der Waals surface area contributed by atoms with Gasteiger partial charge in [-0.2, -0.15) is 4.98 Å². The Morgan fingerprint density at radius 2 is 2.26 bits per heavy atom. The number of carboxylic acids is 1. The van der Waals surface area contributed by atoms with Crippen molar-refractivity contribution in [3.8, 4) is 0 Å². The van der Waals surface area contributed by atoms with Gasteiger partial charge in [-0.25, -0.2) is 9.97 Å². The van der Waals surface area contributed by atoms with E-state index in [1.165, 1.54) is 4.57 Å². The van der Waals surface area contributed by atoms with Crippen molar-refractivity contribution in [3.63, 3.8) is 0 Å². The summed E-state index contributed by atoms with van der Waals surface area (Å²) in [6.07, 6.45) is 5.15. The number of imidazole rings is 1.